The molecule has 0 radical (unpaired) electrons. The number of nitrogens with one attached hydrogen (secondary N) is 1. The van der Waals surface area contributed by atoms with Crippen LogP contribution in [-0.4, -0.2) is 17.3 Å². The third-order valence-corrected chi connectivity index (χ3v) is 1.56. The van der Waals surface area contributed by atoms with Crippen molar-refractivity contribution in [3.8, 4) is 6.07 Å². The van der Waals surface area contributed by atoms with Crippen molar-refractivity contribution in [2.75, 3.05) is 5.32 Å². The monoisotopic (exact) mass is 232 g/mol. The zero-order valence-corrected chi connectivity index (χ0v) is 7.62. The van der Waals surface area contributed by atoms with E-state index in [9.17, 15) is 18.0 Å². The van der Waals surface area contributed by atoms with Crippen molar-refractivity contribution in [2.24, 2.45) is 0 Å². The van der Waals surface area contributed by atoms with E-state index < -0.39 is 12.1 Å². The Morgan fingerprint density at radius 1 is 1.50 bits per heavy atom. The van der Waals surface area contributed by atoms with Gasteiger partial charge in [-0.2, -0.15) is 18.4 Å². The van der Waals surface area contributed by atoms with Crippen LogP contribution >= 0.6 is 0 Å². The van der Waals surface area contributed by atoms with Crippen molar-refractivity contribution in [1.82, 2.24) is 0 Å². The van der Waals surface area contributed by atoms with Gasteiger partial charge in [0.25, 0.3) is 0 Å². The molecule has 0 aliphatic rings. The molecule has 0 unspecified atom stereocenters. The van der Waals surface area contributed by atoms with Gasteiger partial charge in [0.05, 0.1) is 0 Å². The van der Waals surface area contributed by atoms with Gasteiger partial charge in [0.15, 0.2) is 6.07 Å². The van der Waals surface area contributed by atoms with Crippen molar-refractivity contribution in [2.45, 2.75) is 6.18 Å². The number of rotatable bonds is 1. The summed E-state index contributed by atoms with van der Waals surface area (Å²) in [6.45, 7) is 0. The molecule has 0 atom stereocenters. The molecular formula is C8H5F3N3O2+. The molecular weight excluding hydrogens is 227 g/mol. The summed E-state index contributed by atoms with van der Waals surface area (Å²) < 4.78 is 35.9. The van der Waals surface area contributed by atoms with E-state index in [0.717, 1.165) is 18.3 Å². The smallest absolute Gasteiger partial charge is 0.313 e. The number of hydrogen-bond acceptors (Lipinski definition) is 3. The van der Waals surface area contributed by atoms with E-state index in [-0.39, 0.29) is 11.4 Å². The quantitative estimate of drug-likeness (QED) is 0.549. The highest BCUT2D eigenvalue weighted by Crippen LogP contribution is 2.17. The standard InChI is InChI=1S/C8H4F3N3O2/c9-8(10,11)7(15)13-5-1-2-6(3-12)14(16)4-5/h1-2,4H,(H-,13,15,16)/p+1. The zero-order chi connectivity index (χ0) is 12.3. The first-order chi connectivity index (χ1) is 7.34. The number of hydrogen-bond donors (Lipinski definition) is 2. The van der Waals surface area contributed by atoms with Crippen molar-refractivity contribution in [3.63, 3.8) is 0 Å². The predicted molar refractivity (Wildman–Crippen MR) is 43.2 cm³/mol. The summed E-state index contributed by atoms with van der Waals surface area (Å²) >= 11 is 0. The maximum absolute atomic E-state index is 11.8. The van der Waals surface area contributed by atoms with Crippen LogP contribution in [-0.2, 0) is 4.79 Å². The molecule has 0 saturated heterocycles. The van der Waals surface area contributed by atoms with E-state index in [1.807, 2.05) is 0 Å². The van der Waals surface area contributed by atoms with Gasteiger partial charge < -0.3 is 5.32 Å². The first-order valence-electron chi connectivity index (χ1n) is 3.88. The molecule has 1 heterocycles. The molecule has 0 aliphatic carbocycles. The lowest BCUT2D eigenvalue weighted by Gasteiger charge is -2.05. The Hall–Kier alpha value is -2.30. The molecule has 0 aliphatic heterocycles. The first-order valence-corrected chi connectivity index (χ1v) is 3.88. The highest BCUT2D eigenvalue weighted by atomic mass is 19.4. The van der Waals surface area contributed by atoms with Gasteiger partial charge in [0.1, 0.15) is 5.69 Å². The fourth-order valence-corrected chi connectivity index (χ4v) is 0.854. The number of aromatic nitrogens is 1. The second-order valence-corrected chi connectivity index (χ2v) is 2.71. The van der Waals surface area contributed by atoms with Gasteiger partial charge in [-0.25, -0.2) is 0 Å². The summed E-state index contributed by atoms with van der Waals surface area (Å²) in [5, 5.41) is 19.0. The van der Waals surface area contributed by atoms with Crippen molar-refractivity contribution in [3.05, 3.63) is 24.0 Å². The average molecular weight is 232 g/mol. The van der Waals surface area contributed by atoms with Crippen LogP contribution in [0.15, 0.2) is 18.3 Å². The Bertz CT molecular complexity index is 465. The van der Waals surface area contributed by atoms with E-state index >= 15 is 0 Å². The number of carbonyl (C=O) groups excluding carboxylic acids is 1. The topological polar surface area (TPSA) is 77.0 Å². The lowest BCUT2D eigenvalue weighted by Crippen LogP contribution is -2.35. The van der Waals surface area contributed by atoms with Crippen molar-refractivity contribution < 1.29 is 27.9 Å². The molecule has 1 aromatic heterocycles. The van der Waals surface area contributed by atoms with Gasteiger partial charge >= 0.3 is 17.8 Å². The summed E-state index contributed by atoms with van der Waals surface area (Å²) in [5.74, 6) is -2.16. The van der Waals surface area contributed by atoms with Gasteiger partial charge in [-0.15, -0.1) is 0 Å². The predicted octanol–water partition coefficient (Wildman–Crippen LogP) is 0.584. The van der Waals surface area contributed by atoms with Crippen LogP contribution < -0.4 is 10.0 Å². The average Bonchev–Trinajstić information content (AvgIpc) is 2.16. The Labute approximate surface area is 87.3 Å². The number of carbonyl (C=O) groups is 1. The van der Waals surface area contributed by atoms with E-state index in [1.165, 1.54) is 5.32 Å². The number of nitrogens with zero attached hydrogens (tertiary/aromatic N) is 2. The van der Waals surface area contributed by atoms with E-state index in [4.69, 9.17) is 10.5 Å². The number of nitriles is 1. The lowest BCUT2D eigenvalue weighted by molar-refractivity contribution is -0.906. The van der Waals surface area contributed by atoms with Crippen molar-refractivity contribution in [1.29, 1.82) is 5.26 Å². The van der Waals surface area contributed by atoms with Crippen molar-refractivity contribution >= 4 is 11.6 Å². The lowest BCUT2D eigenvalue weighted by atomic mass is 10.3. The molecule has 0 bridgehead atoms. The highest BCUT2D eigenvalue weighted by molar-refractivity contribution is 5.94. The zero-order valence-electron chi connectivity index (χ0n) is 7.62. The number of alkyl halides is 3. The third kappa shape index (κ3) is 2.60. The van der Waals surface area contributed by atoms with Crippen LogP contribution in [0.2, 0.25) is 0 Å². The molecule has 16 heavy (non-hydrogen) atoms. The number of pyridine rings is 1. The Morgan fingerprint density at radius 2 is 2.12 bits per heavy atom. The Morgan fingerprint density at radius 3 is 2.56 bits per heavy atom. The molecule has 8 heteroatoms. The van der Waals surface area contributed by atoms with E-state index in [0.29, 0.717) is 4.73 Å². The van der Waals surface area contributed by atoms with Gasteiger partial charge in [0, 0.05) is 10.8 Å². The normalized spacial score (nSPS) is 10.6. The van der Waals surface area contributed by atoms with Crippen LogP contribution in [0.1, 0.15) is 5.69 Å². The number of anilines is 1. The van der Waals surface area contributed by atoms with Gasteiger partial charge in [0.2, 0.25) is 6.20 Å². The minimum Gasteiger partial charge on any atom is -0.313 e. The molecule has 0 saturated carbocycles. The minimum absolute atomic E-state index is 0.176. The van der Waals surface area contributed by atoms with Gasteiger partial charge in [-0.05, 0) is 6.07 Å². The third-order valence-electron chi connectivity index (χ3n) is 1.56. The molecule has 2 N–H and O–H groups in total. The second-order valence-electron chi connectivity index (χ2n) is 2.71. The van der Waals surface area contributed by atoms with Crippen LogP contribution in [0.3, 0.4) is 0 Å². The van der Waals surface area contributed by atoms with Crippen LogP contribution in [0.5, 0.6) is 0 Å². The molecule has 0 spiro atoms. The fourth-order valence-electron chi connectivity index (χ4n) is 0.854. The number of halogens is 3. The SMILES string of the molecule is N#Cc1ccc(NC(=O)C(F)(F)F)c[n+]1O. The van der Waals surface area contributed by atoms with Crippen LogP contribution in [0.4, 0.5) is 18.9 Å². The first kappa shape index (κ1) is 11.8. The summed E-state index contributed by atoms with van der Waals surface area (Å²) in [7, 11) is 0. The summed E-state index contributed by atoms with van der Waals surface area (Å²) in [6.07, 6.45) is -4.23. The fraction of sp³-hybridized carbons (Fsp3) is 0.125. The van der Waals surface area contributed by atoms with E-state index in [1.54, 1.807) is 6.07 Å². The van der Waals surface area contributed by atoms with Gasteiger partial charge in [-0.3, -0.25) is 10.0 Å². The van der Waals surface area contributed by atoms with Gasteiger partial charge in [-0.1, -0.05) is 0 Å². The van der Waals surface area contributed by atoms with Crippen LogP contribution in [0, 0.1) is 11.3 Å². The summed E-state index contributed by atoms with van der Waals surface area (Å²) in [6, 6.07) is 3.71. The molecule has 5 nitrogen and oxygen atoms in total. The van der Waals surface area contributed by atoms with Crippen LogP contribution in [0.25, 0.3) is 0 Å². The maximum atomic E-state index is 11.8. The Balaban J connectivity index is 2.89. The molecule has 1 amide bonds. The molecule has 0 fully saturated rings. The Kier molecular flexibility index (Phi) is 2.99. The highest BCUT2D eigenvalue weighted by Gasteiger charge is 2.39. The van der Waals surface area contributed by atoms with E-state index in [2.05, 4.69) is 0 Å². The second kappa shape index (κ2) is 4.06. The summed E-state index contributed by atoms with van der Waals surface area (Å²) in [4.78, 5) is 10.5. The molecule has 1 aromatic rings. The molecule has 1 rings (SSSR count). The number of amides is 1. The maximum Gasteiger partial charge on any atom is 0.471 e. The largest absolute Gasteiger partial charge is 0.471 e. The minimum atomic E-state index is -5.01. The molecule has 84 valence electrons. The summed E-state index contributed by atoms with van der Waals surface area (Å²) in [5.41, 5.74) is -0.450. The molecule has 0 aromatic carbocycles.